The Labute approximate surface area is 95.8 Å². The fraction of sp³-hybridized carbons (Fsp3) is 0.111. The lowest BCUT2D eigenvalue weighted by atomic mass is 10.3. The molecule has 1 aromatic heterocycles. The zero-order valence-corrected chi connectivity index (χ0v) is 9.26. The van der Waals surface area contributed by atoms with Gasteiger partial charge in [-0.3, -0.25) is 0 Å². The van der Waals surface area contributed by atoms with Crippen molar-refractivity contribution in [3.63, 3.8) is 0 Å². The van der Waals surface area contributed by atoms with Crippen LogP contribution in [0.4, 0.5) is 5.69 Å². The predicted octanol–water partition coefficient (Wildman–Crippen LogP) is 2.35. The smallest absolute Gasteiger partial charge is 0.141 e. The van der Waals surface area contributed by atoms with Crippen LogP contribution in [0, 0.1) is 0 Å². The maximum atomic E-state index is 5.82. The van der Waals surface area contributed by atoms with Gasteiger partial charge in [0.1, 0.15) is 22.4 Å². The van der Waals surface area contributed by atoms with E-state index in [1.165, 1.54) is 0 Å². The molecule has 2 rings (SSSR count). The first-order chi connectivity index (χ1) is 7.25. The summed E-state index contributed by atoms with van der Waals surface area (Å²) in [5, 5.41) is 3.84. The van der Waals surface area contributed by atoms with Crippen molar-refractivity contribution in [2.24, 2.45) is 0 Å². The van der Waals surface area contributed by atoms with Gasteiger partial charge < -0.3 is 10.5 Å². The molecule has 0 fully saturated rings. The Hall–Kier alpha value is -1.33. The number of nitrogens with two attached hydrogens (primary N) is 1. The molecule has 1 heterocycles. The maximum absolute atomic E-state index is 5.82. The molecule has 2 N–H and O–H groups in total. The third-order valence-electron chi connectivity index (χ3n) is 1.77. The molecule has 0 saturated heterocycles. The summed E-state index contributed by atoms with van der Waals surface area (Å²) in [5.41, 5.74) is 6.90. The van der Waals surface area contributed by atoms with Crippen LogP contribution in [0.5, 0.6) is 5.75 Å². The Kier molecular flexibility index (Phi) is 3.03. The summed E-state index contributed by atoms with van der Waals surface area (Å²) in [6.07, 6.45) is 0. The molecule has 78 valence electrons. The summed E-state index contributed by atoms with van der Waals surface area (Å²) in [6.45, 7) is 0.319. The summed E-state index contributed by atoms with van der Waals surface area (Å²) >= 11 is 6.97. The molecule has 0 atom stereocenters. The molecule has 15 heavy (non-hydrogen) atoms. The Morgan fingerprint density at radius 2 is 2.07 bits per heavy atom. The maximum Gasteiger partial charge on any atom is 0.141 e. The lowest BCUT2D eigenvalue weighted by Crippen LogP contribution is -1.96. The minimum atomic E-state index is 0.319. The highest BCUT2D eigenvalue weighted by molar-refractivity contribution is 7.10. The van der Waals surface area contributed by atoms with E-state index < -0.39 is 0 Å². The summed E-state index contributed by atoms with van der Waals surface area (Å²) in [4.78, 5) is 0. The number of anilines is 1. The quantitative estimate of drug-likeness (QED) is 0.838. The highest BCUT2D eigenvalue weighted by Gasteiger charge is 2.05. The third-order valence-corrected chi connectivity index (χ3v) is 2.75. The SMILES string of the molecule is Nc1ccc(OCc2nnsc2Cl)cc1. The van der Waals surface area contributed by atoms with Gasteiger partial charge in [-0.25, -0.2) is 0 Å². The normalized spacial score (nSPS) is 10.2. The fourth-order valence-corrected chi connectivity index (χ4v) is 1.60. The van der Waals surface area contributed by atoms with Crippen molar-refractivity contribution < 1.29 is 4.74 Å². The van der Waals surface area contributed by atoms with E-state index in [0.29, 0.717) is 22.3 Å². The van der Waals surface area contributed by atoms with Crippen LogP contribution in [0.25, 0.3) is 0 Å². The average molecular weight is 242 g/mol. The summed E-state index contributed by atoms with van der Waals surface area (Å²) in [6, 6.07) is 7.14. The molecular formula is C9H8ClN3OS. The molecule has 0 aliphatic rings. The summed E-state index contributed by atoms with van der Waals surface area (Å²) < 4.78 is 9.72. The van der Waals surface area contributed by atoms with Gasteiger partial charge in [-0.2, -0.15) is 0 Å². The van der Waals surface area contributed by atoms with Crippen LogP contribution in [-0.4, -0.2) is 9.59 Å². The number of ether oxygens (including phenoxy) is 1. The van der Waals surface area contributed by atoms with Crippen LogP contribution in [0.1, 0.15) is 5.69 Å². The van der Waals surface area contributed by atoms with E-state index in [4.69, 9.17) is 22.1 Å². The molecule has 6 heteroatoms. The van der Waals surface area contributed by atoms with Crippen LogP contribution < -0.4 is 10.5 Å². The highest BCUT2D eigenvalue weighted by atomic mass is 35.5. The van der Waals surface area contributed by atoms with Gasteiger partial charge in [0.15, 0.2) is 0 Å². The van der Waals surface area contributed by atoms with E-state index in [2.05, 4.69) is 9.59 Å². The minimum Gasteiger partial charge on any atom is -0.487 e. The van der Waals surface area contributed by atoms with Crippen LogP contribution in [0.3, 0.4) is 0 Å². The monoisotopic (exact) mass is 241 g/mol. The van der Waals surface area contributed by atoms with Gasteiger partial charge in [-0.05, 0) is 24.3 Å². The van der Waals surface area contributed by atoms with E-state index in [-0.39, 0.29) is 0 Å². The lowest BCUT2D eigenvalue weighted by molar-refractivity contribution is 0.301. The number of halogens is 1. The molecule has 0 bridgehead atoms. The number of benzene rings is 1. The minimum absolute atomic E-state index is 0.319. The standard InChI is InChI=1S/C9H8ClN3OS/c10-9-8(12-13-15-9)5-14-7-3-1-6(11)2-4-7/h1-4H,5,11H2. The first kappa shape index (κ1) is 10.2. The molecule has 2 aromatic rings. The number of rotatable bonds is 3. The fourth-order valence-electron chi connectivity index (χ4n) is 0.999. The van der Waals surface area contributed by atoms with E-state index in [9.17, 15) is 0 Å². The second-order valence-corrected chi connectivity index (χ2v) is 4.21. The predicted molar refractivity (Wildman–Crippen MR) is 60.1 cm³/mol. The Balaban J connectivity index is 1.99. The van der Waals surface area contributed by atoms with Crippen molar-refractivity contribution in [1.82, 2.24) is 9.59 Å². The second-order valence-electron chi connectivity index (χ2n) is 2.85. The Morgan fingerprint density at radius 1 is 1.33 bits per heavy atom. The summed E-state index contributed by atoms with van der Waals surface area (Å²) in [5.74, 6) is 0.730. The van der Waals surface area contributed by atoms with Gasteiger partial charge in [-0.1, -0.05) is 16.1 Å². The van der Waals surface area contributed by atoms with Crippen LogP contribution >= 0.6 is 23.1 Å². The van der Waals surface area contributed by atoms with Crippen molar-refractivity contribution in [1.29, 1.82) is 0 Å². The van der Waals surface area contributed by atoms with Crippen molar-refractivity contribution in [3.8, 4) is 5.75 Å². The first-order valence-corrected chi connectivity index (χ1v) is 5.36. The molecular weight excluding hydrogens is 234 g/mol. The molecule has 0 amide bonds. The zero-order valence-electron chi connectivity index (χ0n) is 7.68. The topological polar surface area (TPSA) is 61.0 Å². The lowest BCUT2D eigenvalue weighted by Gasteiger charge is -2.03. The van der Waals surface area contributed by atoms with E-state index in [0.717, 1.165) is 17.3 Å². The molecule has 0 unspecified atom stereocenters. The Morgan fingerprint density at radius 3 is 2.67 bits per heavy atom. The zero-order chi connectivity index (χ0) is 10.7. The van der Waals surface area contributed by atoms with Gasteiger partial charge in [0.2, 0.25) is 0 Å². The molecule has 0 radical (unpaired) electrons. The molecule has 0 saturated carbocycles. The number of hydrogen-bond donors (Lipinski definition) is 1. The second kappa shape index (κ2) is 4.46. The molecule has 0 aliphatic heterocycles. The van der Waals surface area contributed by atoms with Crippen LogP contribution in [0.2, 0.25) is 4.34 Å². The van der Waals surface area contributed by atoms with E-state index in [1.807, 2.05) is 0 Å². The number of hydrogen-bond acceptors (Lipinski definition) is 5. The van der Waals surface area contributed by atoms with E-state index >= 15 is 0 Å². The number of nitrogens with zero attached hydrogens (tertiary/aromatic N) is 2. The first-order valence-electron chi connectivity index (χ1n) is 4.21. The van der Waals surface area contributed by atoms with Crippen LogP contribution in [0.15, 0.2) is 24.3 Å². The van der Waals surface area contributed by atoms with Gasteiger partial charge in [0.25, 0.3) is 0 Å². The molecule has 4 nitrogen and oxygen atoms in total. The van der Waals surface area contributed by atoms with Crippen molar-refractivity contribution in [2.45, 2.75) is 6.61 Å². The van der Waals surface area contributed by atoms with E-state index in [1.54, 1.807) is 24.3 Å². The molecule has 0 aliphatic carbocycles. The van der Waals surface area contributed by atoms with Gasteiger partial charge in [0, 0.05) is 17.2 Å². The van der Waals surface area contributed by atoms with Crippen molar-refractivity contribution >= 4 is 28.8 Å². The summed E-state index contributed by atoms with van der Waals surface area (Å²) in [7, 11) is 0. The van der Waals surface area contributed by atoms with Crippen molar-refractivity contribution in [2.75, 3.05) is 5.73 Å². The largest absolute Gasteiger partial charge is 0.487 e. The van der Waals surface area contributed by atoms with Gasteiger partial charge >= 0.3 is 0 Å². The van der Waals surface area contributed by atoms with Gasteiger partial charge in [-0.15, -0.1) is 5.10 Å². The number of nitrogen functional groups attached to an aromatic ring is 1. The average Bonchev–Trinajstić information content (AvgIpc) is 2.63. The molecule has 0 spiro atoms. The van der Waals surface area contributed by atoms with Crippen molar-refractivity contribution in [3.05, 3.63) is 34.3 Å². The van der Waals surface area contributed by atoms with Gasteiger partial charge in [0.05, 0.1) is 0 Å². The molecule has 1 aromatic carbocycles. The van der Waals surface area contributed by atoms with Crippen LogP contribution in [-0.2, 0) is 6.61 Å². The third kappa shape index (κ3) is 2.57. The Bertz CT molecular complexity index is 443. The number of aromatic nitrogens is 2. The highest BCUT2D eigenvalue weighted by Crippen LogP contribution is 2.20.